The standard InChI is InChI=1S/C9H14N4O/c1-11-9(14)6-13(2)8-3-4-12-5-7(8)10/h3-5H,6,10H2,1-2H3,(H,11,14). The lowest BCUT2D eigenvalue weighted by atomic mass is 10.3. The molecule has 0 aliphatic rings. The van der Waals surface area contributed by atoms with Crippen LogP contribution < -0.4 is 16.0 Å². The minimum Gasteiger partial charge on any atom is -0.396 e. The van der Waals surface area contributed by atoms with E-state index in [2.05, 4.69) is 10.3 Å². The predicted molar refractivity (Wildman–Crippen MR) is 56.0 cm³/mol. The zero-order valence-corrected chi connectivity index (χ0v) is 8.32. The van der Waals surface area contributed by atoms with Gasteiger partial charge in [0.05, 0.1) is 24.1 Å². The van der Waals surface area contributed by atoms with Crippen LogP contribution in [0.3, 0.4) is 0 Å². The minimum atomic E-state index is -0.0521. The molecule has 0 spiro atoms. The number of nitrogen functional groups attached to an aromatic ring is 1. The van der Waals surface area contributed by atoms with Gasteiger partial charge in [-0.25, -0.2) is 0 Å². The summed E-state index contributed by atoms with van der Waals surface area (Å²) < 4.78 is 0. The Bertz CT molecular complexity index is 326. The van der Waals surface area contributed by atoms with Gasteiger partial charge in [-0.15, -0.1) is 0 Å². The second-order valence-electron chi connectivity index (χ2n) is 2.96. The Hall–Kier alpha value is -1.78. The average Bonchev–Trinajstić information content (AvgIpc) is 2.18. The molecule has 1 aromatic rings. The van der Waals surface area contributed by atoms with Crippen molar-refractivity contribution < 1.29 is 4.79 Å². The van der Waals surface area contributed by atoms with Gasteiger partial charge in [0, 0.05) is 20.3 Å². The van der Waals surface area contributed by atoms with E-state index in [0.717, 1.165) is 5.69 Å². The fourth-order valence-electron chi connectivity index (χ4n) is 1.13. The van der Waals surface area contributed by atoms with Crippen LogP contribution >= 0.6 is 0 Å². The van der Waals surface area contributed by atoms with Gasteiger partial charge in [-0.05, 0) is 6.07 Å². The lowest BCUT2D eigenvalue weighted by molar-refractivity contribution is -0.119. The molecule has 0 atom stereocenters. The van der Waals surface area contributed by atoms with Crippen molar-refractivity contribution in [3.05, 3.63) is 18.5 Å². The third kappa shape index (κ3) is 2.35. The molecule has 0 aliphatic heterocycles. The fraction of sp³-hybridized carbons (Fsp3) is 0.333. The SMILES string of the molecule is CNC(=O)CN(C)c1ccncc1N. The van der Waals surface area contributed by atoms with Crippen molar-refractivity contribution in [1.29, 1.82) is 0 Å². The number of rotatable bonds is 3. The van der Waals surface area contributed by atoms with Gasteiger partial charge in [-0.3, -0.25) is 9.78 Å². The lowest BCUT2D eigenvalue weighted by Gasteiger charge is -2.19. The van der Waals surface area contributed by atoms with Crippen molar-refractivity contribution in [2.24, 2.45) is 0 Å². The quantitative estimate of drug-likeness (QED) is 0.701. The first-order valence-electron chi connectivity index (χ1n) is 4.26. The summed E-state index contributed by atoms with van der Waals surface area (Å²) >= 11 is 0. The summed E-state index contributed by atoms with van der Waals surface area (Å²) in [6.07, 6.45) is 3.21. The Morgan fingerprint density at radius 2 is 2.43 bits per heavy atom. The van der Waals surface area contributed by atoms with Crippen molar-refractivity contribution in [2.75, 3.05) is 31.3 Å². The highest BCUT2D eigenvalue weighted by atomic mass is 16.1. The van der Waals surface area contributed by atoms with E-state index in [9.17, 15) is 4.79 Å². The first-order chi connectivity index (χ1) is 6.65. The second-order valence-corrected chi connectivity index (χ2v) is 2.96. The summed E-state index contributed by atoms with van der Waals surface area (Å²) in [4.78, 5) is 16.7. The van der Waals surface area contributed by atoms with Crippen molar-refractivity contribution in [1.82, 2.24) is 10.3 Å². The van der Waals surface area contributed by atoms with Crippen molar-refractivity contribution in [3.63, 3.8) is 0 Å². The number of likely N-dealkylation sites (N-methyl/N-ethyl adjacent to an activating group) is 2. The van der Waals surface area contributed by atoms with Crippen LogP contribution in [0.1, 0.15) is 0 Å². The summed E-state index contributed by atoms with van der Waals surface area (Å²) in [6, 6.07) is 1.78. The van der Waals surface area contributed by atoms with Gasteiger partial charge in [0.1, 0.15) is 0 Å². The highest BCUT2D eigenvalue weighted by molar-refractivity contribution is 5.82. The molecule has 1 heterocycles. The maximum atomic E-state index is 11.1. The summed E-state index contributed by atoms with van der Waals surface area (Å²) in [5.41, 5.74) is 7.08. The maximum Gasteiger partial charge on any atom is 0.239 e. The first-order valence-corrected chi connectivity index (χ1v) is 4.26. The molecule has 0 saturated heterocycles. The number of hydrogen-bond acceptors (Lipinski definition) is 4. The predicted octanol–water partition coefficient (Wildman–Crippen LogP) is -0.154. The van der Waals surface area contributed by atoms with Crippen molar-refractivity contribution >= 4 is 17.3 Å². The molecule has 0 aromatic carbocycles. The molecular weight excluding hydrogens is 180 g/mol. The third-order valence-corrected chi connectivity index (χ3v) is 1.90. The minimum absolute atomic E-state index is 0.0521. The maximum absolute atomic E-state index is 11.1. The largest absolute Gasteiger partial charge is 0.396 e. The van der Waals surface area contributed by atoms with Crippen molar-refractivity contribution in [2.45, 2.75) is 0 Å². The summed E-state index contributed by atoms with van der Waals surface area (Å²) in [5.74, 6) is -0.0521. The van der Waals surface area contributed by atoms with Crippen LogP contribution in [0.4, 0.5) is 11.4 Å². The summed E-state index contributed by atoms with van der Waals surface area (Å²) in [7, 11) is 3.41. The Labute approximate surface area is 82.9 Å². The van der Waals surface area contributed by atoms with E-state index in [-0.39, 0.29) is 12.5 Å². The van der Waals surface area contributed by atoms with E-state index in [1.54, 1.807) is 37.5 Å². The smallest absolute Gasteiger partial charge is 0.239 e. The Kier molecular flexibility index (Phi) is 3.28. The molecule has 0 bridgehead atoms. The number of amides is 1. The average molecular weight is 194 g/mol. The molecule has 1 rings (SSSR count). The van der Waals surface area contributed by atoms with Gasteiger partial charge >= 0.3 is 0 Å². The monoisotopic (exact) mass is 194 g/mol. The molecule has 0 unspecified atom stereocenters. The van der Waals surface area contributed by atoms with E-state index < -0.39 is 0 Å². The molecule has 14 heavy (non-hydrogen) atoms. The number of aromatic nitrogens is 1. The van der Waals surface area contributed by atoms with Crippen LogP contribution in [0.2, 0.25) is 0 Å². The second kappa shape index (κ2) is 4.45. The summed E-state index contributed by atoms with van der Waals surface area (Å²) in [6.45, 7) is 0.282. The van der Waals surface area contributed by atoms with Crippen LogP contribution in [0.5, 0.6) is 0 Å². The Morgan fingerprint density at radius 3 is 3.00 bits per heavy atom. The fourth-order valence-corrected chi connectivity index (χ4v) is 1.13. The molecule has 0 aliphatic carbocycles. The number of carbonyl (C=O) groups is 1. The molecule has 1 aromatic heterocycles. The molecule has 0 radical (unpaired) electrons. The molecule has 1 amide bonds. The molecule has 0 fully saturated rings. The topological polar surface area (TPSA) is 71.2 Å². The molecule has 3 N–H and O–H groups in total. The van der Waals surface area contributed by atoms with Crippen LogP contribution in [0.15, 0.2) is 18.5 Å². The first kappa shape index (κ1) is 10.3. The number of pyridine rings is 1. The summed E-state index contributed by atoms with van der Waals surface area (Å²) in [5, 5.41) is 2.55. The number of anilines is 2. The van der Waals surface area contributed by atoms with E-state index in [4.69, 9.17) is 5.73 Å². The van der Waals surface area contributed by atoms with E-state index in [1.165, 1.54) is 0 Å². The molecule has 5 nitrogen and oxygen atoms in total. The number of nitrogens with zero attached hydrogens (tertiary/aromatic N) is 2. The van der Waals surface area contributed by atoms with E-state index in [0.29, 0.717) is 5.69 Å². The van der Waals surface area contributed by atoms with Crippen LogP contribution in [-0.2, 0) is 4.79 Å². The van der Waals surface area contributed by atoms with Crippen molar-refractivity contribution in [3.8, 4) is 0 Å². The normalized spacial score (nSPS) is 9.57. The van der Waals surface area contributed by atoms with Gasteiger partial charge in [-0.1, -0.05) is 0 Å². The van der Waals surface area contributed by atoms with Crippen LogP contribution in [-0.4, -0.2) is 31.5 Å². The Balaban J connectivity index is 2.74. The molecule has 76 valence electrons. The zero-order chi connectivity index (χ0) is 10.6. The molecule has 0 saturated carbocycles. The molecular formula is C9H14N4O. The number of nitrogens with two attached hydrogens (primary N) is 1. The highest BCUT2D eigenvalue weighted by Crippen LogP contribution is 2.18. The van der Waals surface area contributed by atoms with Crippen LogP contribution in [0.25, 0.3) is 0 Å². The molecule has 5 heteroatoms. The Morgan fingerprint density at radius 1 is 1.71 bits per heavy atom. The van der Waals surface area contributed by atoms with Gasteiger partial charge in [0.25, 0.3) is 0 Å². The van der Waals surface area contributed by atoms with Crippen LogP contribution in [0, 0.1) is 0 Å². The van der Waals surface area contributed by atoms with Gasteiger partial charge in [0.15, 0.2) is 0 Å². The zero-order valence-electron chi connectivity index (χ0n) is 8.32. The lowest BCUT2D eigenvalue weighted by Crippen LogP contribution is -2.33. The van der Waals surface area contributed by atoms with Gasteiger partial charge in [-0.2, -0.15) is 0 Å². The van der Waals surface area contributed by atoms with Gasteiger partial charge in [0.2, 0.25) is 5.91 Å². The highest BCUT2D eigenvalue weighted by Gasteiger charge is 2.07. The number of carbonyl (C=O) groups excluding carboxylic acids is 1. The third-order valence-electron chi connectivity index (χ3n) is 1.90. The number of hydrogen-bond donors (Lipinski definition) is 2. The van der Waals surface area contributed by atoms with E-state index >= 15 is 0 Å². The van der Waals surface area contributed by atoms with E-state index in [1.807, 2.05) is 0 Å². The van der Waals surface area contributed by atoms with Gasteiger partial charge < -0.3 is 16.0 Å². The number of nitrogens with one attached hydrogen (secondary N) is 1.